The van der Waals surface area contributed by atoms with E-state index in [0.717, 1.165) is 17.3 Å². The van der Waals surface area contributed by atoms with Crippen molar-refractivity contribution in [2.75, 3.05) is 0 Å². The zero-order valence-corrected chi connectivity index (χ0v) is 16.8. The molecule has 31 heavy (non-hydrogen) atoms. The highest BCUT2D eigenvalue weighted by Gasteiger charge is 2.40. The molecule has 1 aromatic carbocycles. The van der Waals surface area contributed by atoms with Crippen molar-refractivity contribution in [3.8, 4) is 21.8 Å². The van der Waals surface area contributed by atoms with Crippen LogP contribution in [0.15, 0.2) is 54.4 Å². The summed E-state index contributed by atoms with van der Waals surface area (Å²) in [6.07, 6.45) is 6.54. The highest BCUT2D eigenvalue weighted by molar-refractivity contribution is 7.13. The third-order valence-corrected chi connectivity index (χ3v) is 6.64. The molecule has 1 atom stereocenters. The molecule has 2 N–H and O–H groups in total. The van der Waals surface area contributed by atoms with Gasteiger partial charge >= 0.3 is 0 Å². The lowest BCUT2D eigenvalue weighted by atomic mass is 9.90. The Kier molecular flexibility index (Phi) is 3.87. The highest BCUT2D eigenvalue weighted by atomic mass is 32.1. The van der Waals surface area contributed by atoms with Crippen molar-refractivity contribution in [2.45, 2.75) is 18.6 Å². The second kappa shape index (κ2) is 6.53. The van der Waals surface area contributed by atoms with E-state index in [4.69, 9.17) is 0 Å². The van der Waals surface area contributed by atoms with Gasteiger partial charge in [-0.2, -0.15) is 0 Å². The molecule has 6 rings (SSSR count). The maximum Gasteiger partial charge on any atom is 0.177 e. The zero-order valence-electron chi connectivity index (χ0n) is 16.0. The number of pyridine rings is 1. The van der Waals surface area contributed by atoms with Gasteiger partial charge in [0.2, 0.25) is 0 Å². The number of nitrogens with one attached hydrogen (secondary N) is 1. The third kappa shape index (κ3) is 2.67. The Balaban J connectivity index is 1.41. The molecule has 1 aliphatic heterocycles. The minimum atomic E-state index is -1.15. The predicted octanol–water partition coefficient (Wildman–Crippen LogP) is 4.47. The first-order chi connectivity index (χ1) is 15.0. The lowest BCUT2D eigenvalue weighted by Gasteiger charge is -2.22. The van der Waals surface area contributed by atoms with Crippen LogP contribution >= 0.6 is 11.3 Å². The molecule has 0 saturated heterocycles. The molecule has 0 aliphatic carbocycles. The van der Waals surface area contributed by atoms with Gasteiger partial charge in [0.25, 0.3) is 0 Å². The minimum Gasteiger partial charge on any atom is -0.377 e. The highest BCUT2D eigenvalue weighted by Crippen LogP contribution is 2.40. The number of hydrogen-bond acceptors (Lipinski definition) is 5. The first-order valence-corrected chi connectivity index (χ1v) is 10.5. The predicted molar refractivity (Wildman–Crippen MR) is 112 cm³/mol. The molecule has 6 nitrogen and oxygen atoms in total. The quantitative estimate of drug-likeness (QED) is 0.438. The summed E-state index contributed by atoms with van der Waals surface area (Å²) in [4.78, 5) is 15.8. The number of aryl methyl sites for hydroxylation is 1. The number of fused-ring (bicyclic) bond motifs is 2. The van der Waals surface area contributed by atoms with Crippen LogP contribution < -0.4 is 0 Å². The smallest absolute Gasteiger partial charge is 0.177 e. The van der Waals surface area contributed by atoms with E-state index in [1.807, 2.05) is 40.4 Å². The maximum absolute atomic E-state index is 14.4. The fraction of sp³-hybridized carbons (Fsp3) is 0.136. The first-order valence-electron chi connectivity index (χ1n) is 9.66. The van der Waals surface area contributed by atoms with Crippen LogP contribution in [-0.4, -0.2) is 29.6 Å². The second-order valence-corrected chi connectivity index (χ2v) is 8.38. The van der Waals surface area contributed by atoms with Crippen molar-refractivity contribution in [2.24, 2.45) is 0 Å². The first kappa shape index (κ1) is 18.3. The Morgan fingerprint density at radius 3 is 3.03 bits per heavy atom. The Morgan fingerprint density at radius 2 is 2.13 bits per heavy atom. The van der Waals surface area contributed by atoms with Gasteiger partial charge in [-0.15, -0.1) is 11.3 Å². The lowest BCUT2D eigenvalue weighted by molar-refractivity contribution is 0.0786. The summed E-state index contributed by atoms with van der Waals surface area (Å²) in [5.74, 6) is -1.31. The Bertz CT molecular complexity index is 1460. The minimum absolute atomic E-state index is 0.0850. The van der Waals surface area contributed by atoms with Gasteiger partial charge in [-0.05, 0) is 11.6 Å². The Hall–Kier alpha value is -3.43. The van der Waals surface area contributed by atoms with Crippen molar-refractivity contribution in [1.29, 1.82) is 0 Å². The molecular weight excluding hydrogens is 420 g/mol. The molecule has 0 spiro atoms. The van der Waals surface area contributed by atoms with Crippen LogP contribution in [-0.2, 0) is 12.1 Å². The van der Waals surface area contributed by atoms with E-state index in [0.29, 0.717) is 35.1 Å². The molecule has 5 heterocycles. The van der Waals surface area contributed by atoms with Gasteiger partial charge < -0.3 is 14.7 Å². The summed E-state index contributed by atoms with van der Waals surface area (Å²) < 4.78 is 30.0. The number of imidazole rings is 1. The van der Waals surface area contributed by atoms with E-state index in [-0.39, 0.29) is 11.0 Å². The molecule has 0 radical (unpaired) electrons. The molecular formula is C22H15F2N5OS. The number of thiazole rings is 1. The van der Waals surface area contributed by atoms with Gasteiger partial charge in [0.1, 0.15) is 22.1 Å². The lowest BCUT2D eigenvalue weighted by Crippen LogP contribution is -2.25. The van der Waals surface area contributed by atoms with Crippen LogP contribution in [0.4, 0.5) is 8.78 Å². The van der Waals surface area contributed by atoms with Gasteiger partial charge in [-0.3, -0.25) is 0 Å². The number of rotatable bonds is 3. The van der Waals surface area contributed by atoms with Gasteiger partial charge in [-0.1, -0.05) is 18.2 Å². The monoisotopic (exact) mass is 435 g/mol. The SMILES string of the molecule is OC1(c2cccc(-c3csc(-c4c[nH]c5ncc(F)c(F)c45)n3)c2)CCn2ccnc21. The van der Waals surface area contributed by atoms with Crippen LogP contribution in [0.1, 0.15) is 17.8 Å². The molecule has 5 aromatic rings. The molecule has 154 valence electrons. The van der Waals surface area contributed by atoms with Gasteiger partial charge in [0.15, 0.2) is 11.6 Å². The Morgan fingerprint density at radius 1 is 1.23 bits per heavy atom. The normalized spacial score (nSPS) is 18.0. The zero-order chi connectivity index (χ0) is 21.2. The third-order valence-electron chi connectivity index (χ3n) is 5.77. The van der Waals surface area contributed by atoms with E-state index in [1.165, 1.54) is 11.3 Å². The summed E-state index contributed by atoms with van der Waals surface area (Å²) in [6.45, 7) is 0.702. The van der Waals surface area contributed by atoms with Crippen molar-refractivity contribution in [1.82, 2.24) is 24.5 Å². The van der Waals surface area contributed by atoms with E-state index in [1.54, 1.807) is 12.4 Å². The average Bonchev–Trinajstić information content (AvgIpc) is 3.56. The largest absolute Gasteiger partial charge is 0.377 e. The summed E-state index contributed by atoms with van der Waals surface area (Å²) >= 11 is 1.33. The van der Waals surface area contributed by atoms with Gasteiger partial charge in [0, 0.05) is 48.1 Å². The van der Waals surface area contributed by atoms with Crippen LogP contribution in [0, 0.1) is 11.6 Å². The van der Waals surface area contributed by atoms with Crippen LogP contribution in [0.2, 0.25) is 0 Å². The molecule has 1 unspecified atom stereocenters. The molecule has 1 aliphatic rings. The average molecular weight is 435 g/mol. The molecule has 4 aromatic heterocycles. The number of aromatic amines is 1. The number of aromatic nitrogens is 5. The van der Waals surface area contributed by atoms with Crippen molar-refractivity contribution >= 4 is 22.4 Å². The summed E-state index contributed by atoms with van der Waals surface area (Å²) in [7, 11) is 0. The second-order valence-electron chi connectivity index (χ2n) is 7.52. The van der Waals surface area contributed by atoms with E-state index in [2.05, 4.69) is 19.9 Å². The molecule has 0 bridgehead atoms. The number of halogens is 2. The van der Waals surface area contributed by atoms with E-state index >= 15 is 0 Å². The van der Waals surface area contributed by atoms with Gasteiger partial charge in [-0.25, -0.2) is 23.7 Å². The number of nitrogens with zero attached hydrogens (tertiary/aromatic N) is 4. The number of H-pyrrole nitrogens is 1. The van der Waals surface area contributed by atoms with E-state index < -0.39 is 17.2 Å². The van der Waals surface area contributed by atoms with Crippen molar-refractivity contribution in [3.05, 3.63) is 77.5 Å². The molecule has 0 saturated carbocycles. The van der Waals surface area contributed by atoms with Crippen molar-refractivity contribution < 1.29 is 13.9 Å². The Labute approximate surface area is 178 Å². The fourth-order valence-electron chi connectivity index (χ4n) is 4.19. The number of benzene rings is 1. The molecule has 9 heteroatoms. The van der Waals surface area contributed by atoms with Crippen molar-refractivity contribution in [3.63, 3.8) is 0 Å². The summed E-state index contributed by atoms with van der Waals surface area (Å²) in [5.41, 5.74) is 1.83. The van der Waals surface area contributed by atoms with Crippen LogP contribution in [0.3, 0.4) is 0 Å². The van der Waals surface area contributed by atoms with Gasteiger partial charge in [0.05, 0.1) is 17.3 Å². The molecule has 0 amide bonds. The summed E-state index contributed by atoms with van der Waals surface area (Å²) in [5, 5.41) is 13.8. The number of aliphatic hydroxyl groups is 1. The van der Waals surface area contributed by atoms with Crippen LogP contribution in [0.5, 0.6) is 0 Å². The fourth-order valence-corrected chi connectivity index (χ4v) is 5.04. The van der Waals surface area contributed by atoms with E-state index in [9.17, 15) is 13.9 Å². The van der Waals surface area contributed by atoms with Crippen LogP contribution in [0.25, 0.3) is 32.9 Å². The standard InChI is InChI=1S/C22H15F2N5OS/c23-15-10-27-19-17(18(15)24)14(9-26-19)20-28-16(11-31-20)12-2-1-3-13(8-12)22(30)4-6-29-7-5-25-21(22)29/h1-3,5,7-11,30H,4,6H2,(H,26,27). The number of hydrogen-bond donors (Lipinski definition) is 2. The topological polar surface area (TPSA) is 79.6 Å². The maximum atomic E-state index is 14.4. The molecule has 0 fully saturated rings. The summed E-state index contributed by atoms with van der Waals surface area (Å²) in [6, 6.07) is 7.56.